The molecule has 0 spiro atoms. The summed E-state index contributed by atoms with van der Waals surface area (Å²) in [5, 5.41) is 3.09. The minimum absolute atomic E-state index is 0. The summed E-state index contributed by atoms with van der Waals surface area (Å²) >= 11 is 6.83. The molecule has 0 saturated heterocycles. The first-order valence-electron chi connectivity index (χ1n) is 4.96. The maximum absolute atomic E-state index is 6.81. The van der Waals surface area contributed by atoms with E-state index in [1.807, 2.05) is 0 Å². The smallest absolute Gasteiger partial charge is 1.00 e. The molecule has 5 heteroatoms. The van der Waals surface area contributed by atoms with Gasteiger partial charge in [-0.05, 0) is 0 Å². The van der Waals surface area contributed by atoms with Crippen LogP contribution in [0.1, 0.15) is 12.8 Å². The molecule has 2 aliphatic carbocycles. The molecule has 0 N–H and O–H groups in total. The van der Waals surface area contributed by atoms with Crippen molar-refractivity contribution in [1.29, 1.82) is 0 Å². The van der Waals surface area contributed by atoms with Gasteiger partial charge in [0, 0.05) is 0 Å². The van der Waals surface area contributed by atoms with E-state index in [-0.39, 0.29) is 44.0 Å². The zero-order chi connectivity index (χ0) is 9.76. The standard InChI is InChI=1S/C11H11ClSi.2ClH.Ti/c1-13(12,10-6-2-3-7-10)11-8-4-5-9-11;;;/h2,4,6,8H,3,5H2,1H3;2*1H;/q;;;+2/p-2. The molecule has 0 bridgehead atoms. The molecule has 0 nitrogen and oxygen atoms in total. The Labute approximate surface area is 123 Å². The van der Waals surface area contributed by atoms with Gasteiger partial charge < -0.3 is 24.8 Å². The van der Waals surface area contributed by atoms with Gasteiger partial charge in [0.05, 0.1) is 0 Å². The quantitative estimate of drug-likeness (QED) is 0.339. The normalized spacial score (nSPS) is 22.9. The molecular weight excluding hydrogens is 314 g/mol. The van der Waals surface area contributed by atoms with Crippen molar-refractivity contribution < 1.29 is 44.0 Å². The zero-order valence-corrected chi connectivity index (χ0v) is 13.7. The first-order chi connectivity index (χ1) is 6.69. The van der Waals surface area contributed by atoms with Gasteiger partial charge in [-0.15, -0.1) is 0 Å². The van der Waals surface area contributed by atoms with E-state index >= 15 is 0 Å². The first kappa shape index (κ1) is 14.8. The van der Waals surface area contributed by atoms with E-state index in [1.165, 1.54) is 12.8 Å². The summed E-state index contributed by atoms with van der Waals surface area (Å²) in [6, 6.07) is 0. The Kier molecular flexibility index (Phi) is 4.79. The van der Waals surface area contributed by atoms with E-state index in [0.717, 1.165) is 0 Å². The van der Waals surface area contributed by atoms with Crippen LogP contribution in [-0.2, 0) is 19.2 Å². The number of allylic oxidation sites excluding steroid dienone is 8. The van der Waals surface area contributed by atoms with Crippen molar-refractivity contribution in [3.8, 4) is 0 Å². The molecule has 0 unspecified atom stereocenters. The van der Waals surface area contributed by atoms with E-state index in [1.54, 1.807) is 18.1 Å². The Morgan fingerprint density at radius 1 is 1.06 bits per heavy atom. The largest absolute Gasteiger partial charge is 1.00 e. The Balaban J connectivity index is 0.000000640. The number of hydrogen-bond acceptors (Lipinski definition) is 0. The molecule has 0 fully saturated rings. The summed E-state index contributed by atoms with van der Waals surface area (Å²) < 4.78 is 3.44. The summed E-state index contributed by atoms with van der Waals surface area (Å²) in [5.74, 6) is 0. The molecule has 0 aromatic heterocycles. The minimum atomic E-state index is -1.76. The van der Waals surface area contributed by atoms with Gasteiger partial charge in [0.2, 0.25) is 0 Å². The van der Waals surface area contributed by atoms with Crippen molar-refractivity contribution in [3.63, 3.8) is 0 Å². The third-order valence-corrected chi connectivity index (χ3v) is 10.6. The minimum Gasteiger partial charge on any atom is -1.00 e. The van der Waals surface area contributed by atoms with Crippen molar-refractivity contribution in [1.82, 2.24) is 0 Å². The molecule has 0 aromatic rings. The number of halogens is 3. The van der Waals surface area contributed by atoms with Crippen LogP contribution in [-0.4, -0.2) is 7.38 Å². The van der Waals surface area contributed by atoms with Crippen molar-refractivity contribution in [3.05, 3.63) is 42.5 Å². The van der Waals surface area contributed by atoms with Gasteiger partial charge in [-0.3, -0.25) is 0 Å². The molecule has 0 saturated carbocycles. The van der Waals surface area contributed by atoms with Crippen molar-refractivity contribution >= 4 is 18.5 Å². The molecule has 0 atom stereocenters. The van der Waals surface area contributed by atoms with E-state index in [9.17, 15) is 0 Å². The van der Waals surface area contributed by atoms with Crippen LogP contribution in [0.5, 0.6) is 0 Å². The van der Waals surface area contributed by atoms with Gasteiger partial charge in [-0.25, -0.2) is 0 Å². The van der Waals surface area contributed by atoms with Gasteiger partial charge in [0.25, 0.3) is 0 Å². The molecular formula is C11H11Cl3SiTi. The molecule has 1 aliphatic heterocycles. The molecule has 0 amide bonds. The monoisotopic (exact) mass is 324 g/mol. The van der Waals surface area contributed by atoms with E-state index in [2.05, 4.69) is 30.9 Å². The average molecular weight is 326 g/mol. The molecule has 84 valence electrons. The summed E-state index contributed by atoms with van der Waals surface area (Å²) in [7, 11) is -1.76. The Morgan fingerprint density at radius 3 is 1.94 bits per heavy atom. The Morgan fingerprint density at radius 2 is 1.50 bits per heavy atom. The van der Waals surface area contributed by atoms with E-state index in [0.29, 0.717) is 0 Å². The van der Waals surface area contributed by atoms with Crippen molar-refractivity contribution in [2.45, 2.75) is 19.4 Å². The Bertz CT molecular complexity index is 395. The molecule has 0 aromatic carbocycles. The molecule has 1 heterocycles. The second-order valence-corrected chi connectivity index (χ2v) is 11.8. The van der Waals surface area contributed by atoms with Crippen LogP contribution in [0.4, 0.5) is 0 Å². The Hall–Kier alpha value is 0.761. The average Bonchev–Trinajstić information content (AvgIpc) is 2.71. The van der Waals surface area contributed by atoms with Crippen LogP contribution in [0.3, 0.4) is 0 Å². The maximum Gasteiger partial charge on any atom is -1.00 e. The molecule has 3 rings (SSSR count). The van der Waals surface area contributed by atoms with Crippen molar-refractivity contribution in [2.75, 3.05) is 0 Å². The topological polar surface area (TPSA) is 0 Å². The summed E-state index contributed by atoms with van der Waals surface area (Å²) in [6.45, 7) is 2.29. The first-order valence-corrected chi connectivity index (χ1v) is 10.0. The van der Waals surface area contributed by atoms with Crippen LogP contribution < -0.4 is 24.8 Å². The number of hydrogen-bond donors (Lipinski definition) is 0. The SMILES string of the molecule is C[Si]1(Cl)C2=[C](CC=C2)[Ti+2][C]2=C1C=CC2.[Cl-].[Cl-]. The summed E-state index contributed by atoms with van der Waals surface area (Å²) in [6.07, 6.45) is 11.6. The second kappa shape index (κ2) is 5.17. The second-order valence-electron chi connectivity index (χ2n) is 4.13. The van der Waals surface area contributed by atoms with Gasteiger partial charge in [-0.2, -0.15) is 0 Å². The fraction of sp³-hybridized carbons (Fsp3) is 0.273. The number of rotatable bonds is 0. The van der Waals surface area contributed by atoms with Gasteiger partial charge in [0.15, 0.2) is 0 Å². The molecule has 3 aliphatic rings. The van der Waals surface area contributed by atoms with Crippen LogP contribution >= 0.6 is 11.1 Å². The molecule has 0 radical (unpaired) electrons. The van der Waals surface area contributed by atoms with E-state index < -0.39 is 7.38 Å². The van der Waals surface area contributed by atoms with Crippen molar-refractivity contribution in [2.24, 2.45) is 0 Å². The zero-order valence-electron chi connectivity index (χ0n) is 8.86. The predicted octanol–water partition coefficient (Wildman–Crippen LogP) is -2.59. The maximum atomic E-state index is 6.81. The summed E-state index contributed by atoms with van der Waals surface area (Å²) in [4.78, 5) is 0. The van der Waals surface area contributed by atoms with Gasteiger partial charge in [-0.1, -0.05) is 0 Å². The van der Waals surface area contributed by atoms with Gasteiger partial charge in [0.1, 0.15) is 0 Å². The third-order valence-electron chi connectivity index (χ3n) is 3.18. The van der Waals surface area contributed by atoms with Crippen LogP contribution in [0.15, 0.2) is 42.5 Å². The van der Waals surface area contributed by atoms with Crippen LogP contribution in [0.2, 0.25) is 6.55 Å². The van der Waals surface area contributed by atoms with E-state index in [4.69, 9.17) is 11.1 Å². The molecule has 16 heavy (non-hydrogen) atoms. The van der Waals surface area contributed by atoms with Crippen LogP contribution in [0.25, 0.3) is 0 Å². The van der Waals surface area contributed by atoms with Crippen LogP contribution in [0, 0.1) is 0 Å². The predicted molar refractivity (Wildman–Crippen MR) is 59.0 cm³/mol. The summed E-state index contributed by atoms with van der Waals surface area (Å²) in [5.41, 5.74) is 0. The fourth-order valence-corrected chi connectivity index (χ4v) is 11.5. The third kappa shape index (κ3) is 2.07. The fourth-order valence-electron chi connectivity index (χ4n) is 2.45. The van der Waals surface area contributed by atoms with Gasteiger partial charge >= 0.3 is 99.5 Å².